The van der Waals surface area contributed by atoms with Crippen molar-refractivity contribution in [2.24, 2.45) is 0 Å². The third kappa shape index (κ3) is 4.47. The molecule has 0 aliphatic rings. The third-order valence-corrected chi connectivity index (χ3v) is 1.63. The van der Waals surface area contributed by atoms with Gasteiger partial charge in [-0.2, -0.15) is 0 Å². The van der Waals surface area contributed by atoms with Crippen LogP contribution in [0.15, 0.2) is 0 Å². The average molecular weight is 188 g/mol. The highest BCUT2D eigenvalue weighted by Crippen LogP contribution is 1.94. The fraction of sp³-hybridized carbons (Fsp3) is 0.750. The van der Waals surface area contributed by atoms with Crippen molar-refractivity contribution in [2.45, 2.75) is 25.8 Å². The lowest BCUT2D eigenvalue weighted by Crippen LogP contribution is -2.44. The second-order valence-corrected chi connectivity index (χ2v) is 2.72. The van der Waals surface area contributed by atoms with Crippen LogP contribution in [0.2, 0.25) is 0 Å². The van der Waals surface area contributed by atoms with Crippen LogP contribution in [0, 0.1) is 0 Å². The topological polar surface area (TPSA) is 78.4 Å². The molecule has 3 N–H and O–H groups in total. The average Bonchev–Trinajstić information content (AvgIpc) is 2.15. The molecular weight excluding hydrogens is 172 g/mol. The summed E-state index contributed by atoms with van der Waals surface area (Å²) in [6.07, 6.45) is 1.51. The molecule has 0 fully saturated rings. The molecule has 0 bridgehead atoms. The summed E-state index contributed by atoms with van der Waals surface area (Å²) in [6, 6.07) is -0.324. The molecule has 2 amide bonds. The summed E-state index contributed by atoms with van der Waals surface area (Å²) in [5, 5.41) is 13.4. The van der Waals surface area contributed by atoms with Crippen molar-refractivity contribution in [3.63, 3.8) is 0 Å². The van der Waals surface area contributed by atoms with Crippen LogP contribution in [0.25, 0.3) is 0 Å². The van der Waals surface area contributed by atoms with Gasteiger partial charge in [0.25, 0.3) is 0 Å². The summed E-state index contributed by atoms with van der Waals surface area (Å²) < 4.78 is 0. The quantitative estimate of drug-likeness (QED) is 0.496. The second kappa shape index (κ2) is 6.42. The molecule has 0 aromatic rings. The molecule has 0 aromatic carbocycles. The molecule has 0 aliphatic heterocycles. The summed E-state index contributed by atoms with van der Waals surface area (Å²) in [7, 11) is 1.38. The van der Waals surface area contributed by atoms with Gasteiger partial charge in [-0.05, 0) is 6.42 Å². The molecule has 76 valence electrons. The number of hydrogen-bond acceptors (Lipinski definition) is 3. The van der Waals surface area contributed by atoms with Crippen LogP contribution in [0.5, 0.6) is 0 Å². The van der Waals surface area contributed by atoms with Gasteiger partial charge in [0.2, 0.25) is 0 Å². The Hall–Kier alpha value is -1.10. The number of nitrogens with one attached hydrogen (secondary N) is 2. The summed E-state index contributed by atoms with van der Waals surface area (Å²) in [5.74, 6) is -1.38. The van der Waals surface area contributed by atoms with Gasteiger partial charge in [-0.25, -0.2) is 0 Å². The highest BCUT2D eigenvalue weighted by atomic mass is 16.3. The monoisotopic (exact) mass is 188 g/mol. The van der Waals surface area contributed by atoms with Crippen LogP contribution in [0.4, 0.5) is 0 Å². The zero-order chi connectivity index (χ0) is 10.3. The first-order chi connectivity index (χ1) is 6.15. The number of rotatable bonds is 4. The van der Waals surface area contributed by atoms with Crippen LogP contribution >= 0.6 is 0 Å². The van der Waals surface area contributed by atoms with Crippen LogP contribution in [0.1, 0.15) is 19.8 Å². The van der Waals surface area contributed by atoms with E-state index < -0.39 is 11.8 Å². The highest BCUT2D eigenvalue weighted by Gasteiger charge is 2.15. The van der Waals surface area contributed by atoms with E-state index in [-0.39, 0.29) is 12.6 Å². The Balaban J connectivity index is 3.93. The predicted octanol–water partition coefficient (Wildman–Crippen LogP) is -0.990. The van der Waals surface area contributed by atoms with E-state index in [0.29, 0.717) is 6.42 Å². The first-order valence-electron chi connectivity index (χ1n) is 4.29. The smallest absolute Gasteiger partial charge is 0.309 e. The molecule has 0 radical (unpaired) electrons. The summed E-state index contributed by atoms with van der Waals surface area (Å²) in [4.78, 5) is 21.7. The minimum Gasteiger partial charge on any atom is -0.394 e. The Morgan fingerprint density at radius 3 is 2.38 bits per heavy atom. The van der Waals surface area contributed by atoms with E-state index in [0.717, 1.165) is 6.42 Å². The van der Waals surface area contributed by atoms with Gasteiger partial charge in [0.05, 0.1) is 12.6 Å². The Morgan fingerprint density at radius 1 is 1.38 bits per heavy atom. The largest absolute Gasteiger partial charge is 0.394 e. The van der Waals surface area contributed by atoms with Crippen LogP contribution in [-0.4, -0.2) is 36.6 Å². The van der Waals surface area contributed by atoms with Crippen LogP contribution in [-0.2, 0) is 9.59 Å². The maximum atomic E-state index is 11.0. The Kier molecular flexibility index (Phi) is 5.88. The number of aliphatic hydroxyl groups is 1. The van der Waals surface area contributed by atoms with Gasteiger partial charge < -0.3 is 15.7 Å². The zero-order valence-corrected chi connectivity index (χ0v) is 7.96. The standard InChI is InChI=1S/C8H16N2O3/c1-3-4-6(5-11)10-8(13)7(12)9-2/h6,11H,3-5H2,1-2H3,(H,9,12)(H,10,13). The summed E-state index contributed by atoms with van der Waals surface area (Å²) in [6.45, 7) is 1.80. The fourth-order valence-electron chi connectivity index (χ4n) is 0.922. The van der Waals surface area contributed by atoms with Crippen LogP contribution in [0.3, 0.4) is 0 Å². The van der Waals surface area contributed by atoms with Gasteiger partial charge in [0.15, 0.2) is 0 Å². The third-order valence-electron chi connectivity index (χ3n) is 1.63. The van der Waals surface area contributed by atoms with Gasteiger partial charge in [-0.15, -0.1) is 0 Å². The van der Waals surface area contributed by atoms with Crippen molar-refractivity contribution >= 4 is 11.8 Å². The molecule has 0 saturated heterocycles. The first-order valence-corrected chi connectivity index (χ1v) is 4.29. The van der Waals surface area contributed by atoms with E-state index in [1.165, 1.54) is 7.05 Å². The Bertz CT molecular complexity index is 182. The van der Waals surface area contributed by atoms with Crippen molar-refractivity contribution in [1.82, 2.24) is 10.6 Å². The number of carbonyl (C=O) groups excluding carboxylic acids is 2. The number of hydrogen-bond donors (Lipinski definition) is 3. The molecular formula is C8H16N2O3. The molecule has 13 heavy (non-hydrogen) atoms. The fourth-order valence-corrected chi connectivity index (χ4v) is 0.922. The second-order valence-electron chi connectivity index (χ2n) is 2.72. The maximum absolute atomic E-state index is 11.0. The minimum atomic E-state index is -0.699. The lowest BCUT2D eigenvalue weighted by molar-refractivity contribution is -0.139. The molecule has 0 saturated carbocycles. The van der Waals surface area contributed by atoms with Gasteiger partial charge >= 0.3 is 11.8 Å². The number of likely N-dealkylation sites (N-methyl/N-ethyl adjacent to an activating group) is 1. The maximum Gasteiger partial charge on any atom is 0.309 e. The molecule has 0 rings (SSSR count). The normalized spacial score (nSPS) is 11.9. The lowest BCUT2D eigenvalue weighted by atomic mass is 10.2. The van der Waals surface area contributed by atoms with E-state index in [1.807, 2.05) is 6.92 Å². The number of amides is 2. The zero-order valence-electron chi connectivity index (χ0n) is 7.96. The van der Waals surface area contributed by atoms with Gasteiger partial charge in [-0.1, -0.05) is 13.3 Å². The minimum absolute atomic E-state index is 0.142. The molecule has 0 aromatic heterocycles. The Morgan fingerprint density at radius 2 is 2.00 bits per heavy atom. The molecule has 5 heteroatoms. The molecule has 0 spiro atoms. The van der Waals surface area contributed by atoms with E-state index in [4.69, 9.17) is 5.11 Å². The van der Waals surface area contributed by atoms with Gasteiger partial charge in [-0.3, -0.25) is 9.59 Å². The van der Waals surface area contributed by atoms with Gasteiger partial charge in [0.1, 0.15) is 0 Å². The number of carbonyl (C=O) groups is 2. The molecule has 0 aliphatic carbocycles. The van der Waals surface area contributed by atoms with Crippen LogP contribution < -0.4 is 10.6 Å². The lowest BCUT2D eigenvalue weighted by Gasteiger charge is -2.13. The van der Waals surface area contributed by atoms with E-state index in [9.17, 15) is 9.59 Å². The van der Waals surface area contributed by atoms with Gasteiger partial charge in [0, 0.05) is 7.05 Å². The predicted molar refractivity (Wildman–Crippen MR) is 48.0 cm³/mol. The van der Waals surface area contributed by atoms with E-state index in [1.54, 1.807) is 0 Å². The highest BCUT2D eigenvalue weighted by molar-refractivity contribution is 6.35. The molecule has 1 atom stereocenters. The summed E-state index contributed by atoms with van der Waals surface area (Å²) in [5.41, 5.74) is 0. The molecule has 5 nitrogen and oxygen atoms in total. The van der Waals surface area contributed by atoms with Crippen molar-refractivity contribution in [1.29, 1.82) is 0 Å². The molecule has 1 unspecified atom stereocenters. The summed E-state index contributed by atoms with van der Waals surface area (Å²) >= 11 is 0. The Labute approximate surface area is 77.5 Å². The molecule has 0 heterocycles. The van der Waals surface area contributed by atoms with E-state index >= 15 is 0 Å². The van der Waals surface area contributed by atoms with Crippen molar-refractivity contribution in [2.75, 3.05) is 13.7 Å². The SMILES string of the molecule is CCCC(CO)NC(=O)C(=O)NC. The van der Waals surface area contributed by atoms with Crippen molar-refractivity contribution in [3.8, 4) is 0 Å². The van der Waals surface area contributed by atoms with Crippen molar-refractivity contribution in [3.05, 3.63) is 0 Å². The van der Waals surface area contributed by atoms with E-state index in [2.05, 4.69) is 10.6 Å². The first kappa shape index (κ1) is 11.9. The number of aliphatic hydroxyl groups excluding tert-OH is 1. The van der Waals surface area contributed by atoms with Crippen molar-refractivity contribution < 1.29 is 14.7 Å².